The summed E-state index contributed by atoms with van der Waals surface area (Å²) in [5.74, 6) is 2.06. The lowest BCUT2D eigenvalue weighted by Crippen LogP contribution is -2.39. The van der Waals surface area contributed by atoms with Crippen LogP contribution >= 0.6 is 11.8 Å². The lowest BCUT2D eigenvalue weighted by molar-refractivity contribution is 0.162. The van der Waals surface area contributed by atoms with Crippen molar-refractivity contribution < 1.29 is 0 Å². The third-order valence-electron chi connectivity index (χ3n) is 5.24. The van der Waals surface area contributed by atoms with E-state index in [2.05, 4.69) is 48.0 Å². The maximum Gasteiger partial charge on any atom is 0.0598 e. The Morgan fingerprint density at radius 3 is 3.10 bits per heavy atom. The van der Waals surface area contributed by atoms with Gasteiger partial charge in [0.1, 0.15) is 0 Å². The van der Waals surface area contributed by atoms with Gasteiger partial charge in [0.2, 0.25) is 0 Å². The van der Waals surface area contributed by atoms with Crippen LogP contribution in [0, 0.1) is 5.92 Å². The van der Waals surface area contributed by atoms with Crippen LogP contribution in [0.3, 0.4) is 0 Å². The molecule has 2 aliphatic rings. The van der Waals surface area contributed by atoms with E-state index in [1.165, 1.54) is 53.2 Å². The molecule has 1 aromatic carbocycles. The van der Waals surface area contributed by atoms with Gasteiger partial charge in [-0.2, -0.15) is 0 Å². The second-order valence-corrected chi connectivity index (χ2v) is 7.53. The first kappa shape index (κ1) is 12.8. The summed E-state index contributed by atoms with van der Waals surface area (Å²) in [7, 11) is 0. The summed E-state index contributed by atoms with van der Waals surface area (Å²) < 4.78 is 0. The first-order valence-corrected chi connectivity index (χ1v) is 8.70. The number of rotatable bonds is 1. The molecule has 1 fully saturated rings. The predicted molar refractivity (Wildman–Crippen MR) is 86.3 cm³/mol. The first-order chi connectivity index (χ1) is 9.72. The zero-order valence-corrected chi connectivity index (χ0v) is 13.1. The van der Waals surface area contributed by atoms with Crippen LogP contribution in [0.25, 0.3) is 10.9 Å². The molecule has 1 N–H and O–H groups in total. The zero-order chi connectivity index (χ0) is 13.7. The lowest BCUT2D eigenvalue weighted by atomic mass is 9.89. The molecule has 2 aromatic rings. The molecule has 2 aliphatic heterocycles. The maximum absolute atomic E-state index is 3.75. The van der Waals surface area contributed by atoms with Crippen molar-refractivity contribution in [2.24, 2.45) is 5.92 Å². The van der Waals surface area contributed by atoms with Crippen LogP contribution in [0.4, 0.5) is 0 Å². The monoisotopic (exact) mass is 286 g/mol. The third kappa shape index (κ3) is 1.69. The van der Waals surface area contributed by atoms with Gasteiger partial charge in [-0.25, -0.2) is 0 Å². The number of thioether (sulfide) groups is 1. The van der Waals surface area contributed by atoms with Gasteiger partial charge in [-0.3, -0.25) is 4.90 Å². The average molecular weight is 286 g/mol. The molecular weight excluding hydrogens is 264 g/mol. The van der Waals surface area contributed by atoms with Crippen molar-refractivity contribution in [1.82, 2.24) is 9.88 Å². The SMILES string of the molecule is CCC1CN2CCSc3c([nH]c4ccccc34)[C@@]2(C)C1. The summed E-state index contributed by atoms with van der Waals surface area (Å²) in [5.41, 5.74) is 2.98. The maximum atomic E-state index is 3.75. The largest absolute Gasteiger partial charge is 0.356 e. The zero-order valence-electron chi connectivity index (χ0n) is 12.3. The normalized spacial score (nSPS) is 30.2. The van der Waals surface area contributed by atoms with Crippen LogP contribution in [0.1, 0.15) is 32.4 Å². The van der Waals surface area contributed by atoms with Crippen molar-refractivity contribution in [1.29, 1.82) is 0 Å². The fourth-order valence-corrected chi connectivity index (χ4v) is 5.31. The van der Waals surface area contributed by atoms with Crippen LogP contribution in [-0.4, -0.2) is 28.7 Å². The van der Waals surface area contributed by atoms with Gasteiger partial charge in [0.05, 0.1) is 11.2 Å². The standard InChI is InChI=1S/C17H22N2S/c1-3-12-10-17(2)16-15(20-9-8-19(17)11-12)13-6-4-5-7-14(13)18-16/h4-7,12,18H,3,8-11H2,1-2H3/t12?,17-/m1/s1. The van der Waals surface area contributed by atoms with Crippen molar-refractivity contribution in [3.8, 4) is 0 Å². The van der Waals surface area contributed by atoms with Gasteiger partial charge in [-0.15, -0.1) is 11.8 Å². The van der Waals surface area contributed by atoms with Gasteiger partial charge in [0.25, 0.3) is 0 Å². The van der Waals surface area contributed by atoms with E-state index in [0.717, 1.165) is 5.92 Å². The molecule has 2 nitrogen and oxygen atoms in total. The first-order valence-electron chi connectivity index (χ1n) is 7.71. The Kier molecular flexibility index (Phi) is 2.90. The van der Waals surface area contributed by atoms with Crippen LogP contribution in [0.5, 0.6) is 0 Å². The number of nitrogens with one attached hydrogen (secondary N) is 1. The average Bonchev–Trinajstić information content (AvgIpc) is 2.96. The molecule has 1 unspecified atom stereocenters. The van der Waals surface area contributed by atoms with E-state index in [-0.39, 0.29) is 5.54 Å². The fourth-order valence-electron chi connectivity index (χ4n) is 4.04. The molecule has 0 radical (unpaired) electrons. The van der Waals surface area contributed by atoms with Crippen molar-refractivity contribution in [3.63, 3.8) is 0 Å². The number of hydrogen-bond donors (Lipinski definition) is 1. The highest BCUT2D eigenvalue weighted by Gasteiger charge is 2.46. The van der Waals surface area contributed by atoms with E-state index in [9.17, 15) is 0 Å². The fraction of sp³-hybridized carbons (Fsp3) is 0.529. The quantitative estimate of drug-likeness (QED) is 0.846. The highest BCUT2D eigenvalue weighted by atomic mass is 32.2. The van der Waals surface area contributed by atoms with Gasteiger partial charge in [0.15, 0.2) is 0 Å². The number of para-hydroxylation sites is 1. The number of nitrogens with zero attached hydrogens (tertiary/aromatic N) is 1. The molecule has 1 saturated heterocycles. The van der Waals surface area contributed by atoms with Crippen LogP contribution in [-0.2, 0) is 5.54 Å². The summed E-state index contributed by atoms with van der Waals surface area (Å²) in [6, 6.07) is 8.77. The minimum atomic E-state index is 0.207. The molecule has 2 atom stereocenters. The number of aromatic nitrogens is 1. The highest BCUT2D eigenvalue weighted by Crippen LogP contribution is 2.49. The lowest BCUT2D eigenvalue weighted by Gasteiger charge is -2.33. The molecule has 1 aromatic heterocycles. The molecule has 106 valence electrons. The number of hydrogen-bond acceptors (Lipinski definition) is 2. The Bertz CT molecular complexity index is 647. The van der Waals surface area contributed by atoms with Gasteiger partial charge in [-0.1, -0.05) is 31.5 Å². The topological polar surface area (TPSA) is 19.0 Å². The van der Waals surface area contributed by atoms with Gasteiger partial charge >= 0.3 is 0 Å². The molecule has 0 amide bonds. The highest BCUT2D eigenvalue weighted by molar-refractivity contribution is 7.99. The predicted octanol–water partition coefficient (Wildman–Crippen LogP) is 4.22. The number of benzene rings is 1. The minimum absolute atomic E-state index is 0.207. The Hall–Kier alpha value is -0.930. The van der Waals surface area contributed by atoms with Crippen LogP contribution in [0.15, 0.2) is 29.2 Å². The van der Waals surface area contributed by atoms with Crippen molar-refractivity contribution in [3.05, 3.63) is 30.0 Å². The van der Waals surface area contributed by atoms with Crippen LogP contribution < -0.4 is 0 Å². The van der Waals surface area contributed by atoms with Crippen molar-refractivity contribution >= 4 is 22.7 Å². The van der Waals surface area contributed by atoms with E-state index < -0.39 is 0 Å². The van der Waals surface area contributed by atoms with Gasteiger partial charge in [-0.05, 0) is 25.3 Å². The summed E-state index contributed by atoms with van der Waals surface area (Å²) in [5, 5.41) is 1.41. The van der Waals surface area contributed by atoms with E-state index in [1.807, 2.05) is 11.8 Å². The van der Waals surface area contributed by atoms with E-state index in [4.69, 9.17) is 0 Å². The number of aromatic amines is 1. The number of H-pyrrole nitrogens is 1. The Balaban J connectivity index is 1.91. The molecule has 3 heterocycles. The summed E-state index contributed by atoms with van der Waals surface area (Å²) >= 11 is 2.04. The van der Waals surface area contributed by atoms with Gasteiger partial charge < -0.3 is 4.98 Å². The van der Waals surface area contributed by atoms with Crippen molar-refractivity contribution in [2.45, 2.75) is 37.1 Å². The molecule has 20 heavy (non-hydrogen) atoms. The molecule has 3 heteroatoms. The molecule has 4 rings (SSSR count). The molecule has 0 aliphatic carbocycles. The van der Waals surface area contributed by atoms with E-state index in [1.54, 1.807) is 0 Å². The summed E-state index contributed by atoms with van der Waals surface area (Å²) in [4.78, 5) is 7.97. The smallest absolute Gasteiger partial charge is 0.0598 e. The molecule has 0 saturated carbocycles. The number of fused-ring (bicyclic) bond motifs is 5. The summed E-state index contributed by atoms with van der Waals surface area (Å²) in [6.07, 6.45) is 2.60. The second kappa shape index (κ2) is 4.54. The Morgan fingerprint density at radius 1 is 1.40 bits per heavy atom. The third-order valence-corrected chi connectivity index (χ3v) is 6.34. The Morgan fingerprint density at radius 2 is 2.25 bits per heavy atom. The van der Waals surface area contributed by atoms with Crippen molar-refractivity contribution in [2.75, 3.05) is 18.8 Å². The molecular formula is C17H22N2S. The Labute approximate surface area is 124 Å². The van der Waals surface area contributed by atoms with Crippen LogP contribution in [0.2, 0.25) is 0 Å². The summed E-state index contributed by atoms with van der Waals surface area (Å²) in [6.45, 7) is 7.26. The molecule has 0 spiro atoms. The minimum Gasteiger partial charge on any atom is -0.356 e. The second-order valence-electron chi connectivity index (χ2n) is 6.42. The van der Waals surface area contributed by atoms with E-state index >= 15 is 0 Å². The van der Waals surface area contributed by atoms with E-state index in [0.29, 0.717) is 0 Å². The molecule has 0 bridgehead atoms. The van der Waals surface area contributed by atoms with Gasteiger partial charge in [0, 0.05) is 34.6 Å².